The van der Waals surface area contributed by atoms with Crippen LogP contribution >= 0.6 is 11.8 Å². The summed E-state index contributed by atoms with van der Waals surface area (Å²) in [7, 11) is 0. The molecule has 0 bridgehead atoms. The average molecular weight is 299 g/mol. The number of rotatable bonds is 6. The molecule has 0 saturated carbocycles. The van der Waals surface area contributed by atoms with Gasteiger partial charge >= 0.3 is 0 Å². The number of ketones is 1. The minimum absolute atomic E-state index is 0.0407. The van der Waals surface area contributed by atoms with E-state index in [0.717, 1.165) is 58.3 Å². The molecule has 1 unspecified atom stereocenters. The van der Waals surface area contributed by atoms with E-state index in [1.54, 1.807) is 0 Å². The normalized spacial score (nSPS) is 26.1. The van der Waals surface area contributed by atoms with E-state index >= 15 is 0 Å². The van der Waals surface area contributed by atoms with E-state index in [4.69, 9.17) is 4.74 Å². The highest BCUT2D eigenvalue weighted by atomic mass is 32.2. The Morgan fingerprint density at radius 2 is 2.00 bits per heavy atom. The third kappa shape index (κ3) is 4.22. The van der Waals surface area contributed by atoms with Gasteiger partial charge in [0.05, 0.1) is 5.60 Å². The van der Waals surface area contributed by atoms with Crippen molar-refractivity contribution in [1.82, 2.24) is 4.90 Å². The summed E-state index contributed by atoms with van der Waals surface area (Å²) in [5.41, 5.74) is 0.0407. The molecule has 2 aliphatic rings. The molecule has 116 valence electrons. The van der Waals surface area contributed by atoms with Gasteiger partial charge in [0, 0.05) is 25.5 Å². The largest absolute Gasteiger partial charge is 0.375 e. The lowest BCUT2D eigenvalue weighted by Gasteiger charge is -2.43. The molecule has 0 aliphatic carbocycles. The zero-order valence-corrected chi connectivity index (χ0v) is 13.8. The van der Waals surface area contributed by atoms with Gasteiger partial charge in [-0.2, -0.15) is 11.8 Å². The summed E-state index contributed by atoms with van der Waals surface area (Å²) in [6, 6.07) is 0. The molecule has 4 heteroatoms. The second kappa shape index (κ2) is 7.81. The third-order valence-electron chi connectivity index (χ3n) is 4.92. The molecule has 3 nitrogen and oxygen atoms in total. The maximum atomic E-state index is 12.5. The standard InChI is InChI=1S/C16H29NO2S/c1-3-17(4-2)9-5-15(18)14-6-10-19-16(13-14)7-11-20-12-8-16/h14H,3-13H2,1-2H3. The van der Waals surface area contributed by atoms with Gasteiger partial charge in [-0.1, -0.05) is 13.8 Å². The van der Waals surface area contributed by atoms with Gasteiger partial charge in [0.1, 0.15) is 5.78 Å². The number of carbonyl (C=O) groups excluding carboxylic acids is 1. The fourth-order valence-corrected chi connectivity index (χ4v) is 4.64. The first-order chi connectivity index (χ1) is 9.69. The van der Waals surface area contributed by atoms with Crippen molar-refractivity contribution < 1.29 is 9.53 Å². The van der Waals surface area contributed by atoms with Crippen molar-refractivity contribution in [3.63, 3.8) is 0 Å². The van der Waals surface area contributed by atoms with Crippen LogP contribution in [0.5, 0.6) is 0 Å². The predicted octanol–water partition coefficient (Wildman–Crippen LogP) is 2.98. The van der Waals surface area contributed by atoms with Crippen LogP contribution in [0.15, 0.2) is 0 Å². The molecule has 2 rings (SSSR count). The summed E-state index contributed by atoms with van der Waals surface area (Å²) >= 11 is 2.02. The minimum Gasteiger partial charge on any atom is -0.375 e. The molecule has 0 amide bonds. The number of hydrogen-bond donors (Lipinski definition) is 0. The summed E-state index contributed by atoms with van der Waals surface area (Å²) in [6.45, 7) is 8.12. The number of thioether (sulfide) groups is 1. The second-order valence-electron chi connectivity index (χ2n) is 6.08. The molecule has 0 radical (unpaired) electrons. The topological polar surface area (TPSA) is 29.5 Å². The van der Waals surface area contributed by atoms with Crippen molar-refractivity contribution in [2.75, 3.05) is 37.7 Å². The summed E-state index contributed by atoms with van der Waals surface area (Å²) in [5.74, 6) is 3.11. The van der Waals surface area contributed by atoms with Crippen molar-refractivity contribution in [2.45, 2.75) is 51.6 Å². The van der Waals surface area contributed by atoms with Crippen LogP contribution < -0.4 is 0 Å². The van der Waals surface area contributed by atoms with Gasteiger partial charge in [-0.25, -0.2) is 0 Å². The smallest absolute Gasteiger partial charge is 0.137 e. The monoisotopic (exact) mass is 299 g/mol. The first kappa shape index (κ1) is 16.3. The third-order valence-corrected chi connectivity index (χ3v) is 5.91. The number of Topliss-reactive ketones (excluding diaryl/α,β-unsaturated/α-hetero) is 1. The molecule has 0 aromatic heterocycles. The lowest BCUT2D eigenvalue weighted by molar-refractivity contribution is -0.138. The lowest BCUT2D eigenvalue weighted by Crippen LogP contribution is -2.44. The SMILES string of the molecule is CCN(CC)CCC(=O)C1CCOC2(CCSCC2)C1. The first-order valence-electron chi connectivity index (χ1n) is 8.16. The van der Waals surface area contributed by atoms with Crippen molar-refractivity contribution in [3.8, 4) is 0 Å². The molecule has 1 spiro atoms. The summed E-state index contributed by atoms with van der Waals surface area (Å²) < 4.78 is 6.08. The van der Waals surface area contributed by atoms with Gasteiger partial charge in [-0.3, -0.25) is 4.79 Å². The Morgan fingerprint density at radius 1 is 1.30 bits per heavy atom. The maximum absolute atomic E-state index is 12.5. The number of hydrogen-bond acceptors (Lipinski definition) is 4. The van der Waals surface area contributed by atoms with Gasteiger partial charge in [0.2, 0.25) is 0 Å². The fourth-order valence-electron chi connectivity index (χ4n) is 3.41. The Balaban J connectivity index is 1.83. The molecule has 2 fully saturated rings. The van der Waals surface area contributed by atoms with Gasteiger partial charge in [-0.15, -0.1) is 0 Å². The zero-order chi connectivity index (χ0) is 14.4. The van der Waals surface area contributed by atoms with Crippen LogP contribution in [0.4, 0.5) is 0 Å². The van der Waals surface area contributed by atoms with E-state index in [1.165, 1.54) is 11.5 Å². The summed E-state index contributed by atoms with van der Waals surface area (Å²) in [5, 5.41) is 0. The summed E-state index contributed by atoms with van der Waals surface area (Å²) in [6.07, 6.45) is 4.91. The Kier molecular flexibility index (Phi) is 6.37. The van der Waals surface area contributed by atoms with Crippen molar-refractivity contribution >= 4 is 17.5 Å². The van der Waals surface area contributed by atoms with E-state index in [0.29, 0.717) is 5.78 Å². The van der Waals surface area contributed by atoms with Gasteiger partial charge in [-0.05, 0) is 50.3 Å². The zero-order valence-electron chi connectivity index (χ0n) is 13.0. The molecule has 0 N–H and O–H groups in total. The van der Waals surface area contributed by atoms with E-state index in [-0.39, 0.29) is 11.5 Å². The molecule has 2 heterocycles. The second-order valence-corrected chi connectivity index (χ2v) is 7.30. The molecule has 0 aromatic carbocycles. The Labute approximate surface area is 127 Å². The Morgan fingerprint density at radius 3 is 2.65 bits per heavy atom. The van der Waals surface area contributed by atoms with E-state index in [1.807, 2.05) is 11.8 Å². The predicted molar refractivity (Wildman–Crippen MR) is 85.4 cm³/mol. The van der Waals surface area contributed by atoms with E-state index in [2.05, 4.69) is 18.7 Å². The summed E-state index contributed by atoms with van der Waals surface area (Å²) in [4.78, 5) is 14.8. The molecule has 1 atom stereocenters. The Bertz CT molecular complexity index is 306. The van der Waals surface area contributed by atoms with Crippen LogP contribution in [0, 0.1) is 5.92 Å². The molecule has 0 aromatic rings. The van der Waals surface area contributed by atoms with Crippen LogP contribution in [0.3, 0.4) is 0 Å². The minimum atomic E-state index is 0.0407. The van der Waals surface area contributed by atoms with Gasteiger partial charge in [0.15, 0.2) is 0 Å². The van der Waals surface area contributed by atoms with E-state index in [9.17, 15) is 4.79 Å². The van der Waals surface area contributed by atoms with Crippen molar-refractivity contribution in [2.24, 2.45) is 5.92 Å². The van der Waals surface area contributed by atoms with Crippen LogP contribution in [-0.4, -0.2) is 54.0 Å². The first-order valence-corrected chi connectivity index (χ1v) is 9.31. The number of ether oxygens (including phenoxy) is 1. The highest BCUT2D eigenvalue weighted by molar-refractivity contribution is 7.99. The Hall–Kier alpha value is -0.0600. The van der Waals surface area contributed by atoms with Crippen LogP contribution in [0.2, 0.25) is 0 Å². The highest BCUT2D eigenvalue weighted by Crippen LogP contribution is 2.40. The lowest BCUT2D eigenvalue weighted by atomic mass is 9.79. The van der Waals surface area contributed by atoms with Gasteiger partial charge < -0.3 is 9.64 Å². The van der Waals surface area contributed by atoms with Crippen molar-refractivity contribution in [1.29, 1.82) is 0 Å². The fraction of sp³-hybridized carbons (Fsp3) is 0.938. The molecule has 2 saturated heterocycles. The highest BCUT2D eigenvalue weighted by Gasteiger charge is 2.40. The number of nitrogens with zero attached hydrogens (tertiary/aromatic N) is 1. The molecule has 2 aliphatic heterocycles. The van der Waals surface area contributed by atoms with E-state index < -0.39 is 0 Å². The number of carbonyl (C=O) groups is 1. The average Bonchev–Trinajstić information content (AvgIpc) is 2.49. The molecular weight excluding hydrogens is 270 g/mol. The van der Waals surface area contributed by atoms with Crippen LogP contribution in [-0.2, 0) is 9.53 Å². The van der Waals surface area contributed by atoms with Crippen LogP contribution in [0.25, 0.3) is 0 Å². The van der Waals surface area contributed by atoms with Crippen molar-refractivity contribution in [3.05, 3.63) is 0 Å². The van der Waals surface area contributed by atoms with Gasteiger partial charge in [0.25, 0.3) is 0 Å². The molecule has 20 heavy (non-hydrogen) atoms. The molecular formula is C16H29NO2S. The maximum Gasteiger partial charge on any atom is 0.137 e. The van der Waals surface area contributed by atoms with Crippen LogP contribution in [0.1, 0.15) is 46.0 Å². The quantitative estimate of drug-likeness (QED) is 0.754.